The number of rotatable bonds is 5. The zero-order chi connectivity index (χ0) is 19.7. The van der Waals surface area contributed by atoms with Gasteiger partial charge in [0.2, 0.25) is 0 Å². The van der Waals surface area contributed by atoms with E-state index in [1.165, 1.54) is 13.8 Å². The number of hydrogen-bond acceptors (Lipinski definition) is 8. The van der Waals surface area contributed by atoms with Crippen LogP contribution in [-0.2, 0) is 24.1 Å². The number of epoxide rings is 1. The predicted molar refractivity (Wildman–Crippen MR) is 88.6 cm³/mol. The Kier molecular flexibility index (Phi) is 4.61. The summed E-state index contributed by atoms with van der Waals surface area (Å²) in [6.45, 7) is 6.72. The van der Waals surface area contributed by atoms with Crippen molar-refractivity contribution in [2.45, 2.75) is 87.9 Å². The fraction of sp³-hybridized carbons (Fsp3) is 0.875. The highest BCUT2D eigenvalue weighted by atomic mass is 32.3. The van der Waals surface area contributed by atoms with Gasteiger partial charge in [-0.05, 0) is 34.1 Å². The van der Waals surface area contributed by atoms with Crippen LogP contribution in [0.5, 0.6) is 0 Å². The van der Waals surface area contributed by atoms with Crippen molar-refractivity contribution in [2.75, 3.05) is 0 Å². The molecule has 0 amide bonds. The molecule has 3 rings (SSSR count). The summed E-state index contributed by atoms with van der Waals surface area (Å²) in [5.41, 5.74) is -3.48. The van der Waals surface area contributed by atoms with Crippen LogP contribution in [0.15, 0.2) is 11.6 Å². The van der Waals surface area contributed by atoms with E-state index in [1.54, 1.807) is 0 Å². The molecule has 0 spiro atoms. The molecular formula is C16H26O9S. The van der Waals surface area contributed by atoms with Crippen LogP contribution >= 0.6 is 0 Å². The van der Waals surface area contributed by atoms with Crippen LogP contribution in [0.2, 0.25) is 0 Å². The molecule has 0 bridgehead atoms. The van der Waals surface area contributed by atoms with Gasteiger partial charge >= 0.3 is 10.4 Å². The van der Waals surface area contributed by atoms with Gasteiger partial charge < -0.3 is 24.8 Å². The molecule has 0 aromatic heterocycles. The first-order valence-electron chi connectivity index (χ1n) is 8.46. The Morgan fingerprint density at radius 1 is 1.35 bits per heavy atom. The minimum absolute atomic E-state index is 0.184. The number of allylic oxidation sites excluding steroid dienone is 1. The fourth-order valence-corrected chi connectivity index (χ4v) is 4.52. The lowest BCUT2D eigenvalue weighted by molar-refractivity contribution is -0.172. The monoisotopic (exact) mass is 394 g/mol. The third kappa shape index (κ3) is 3.22. The summed E-state index contributed by atoms with van der Waals surface area (Å²) in [5.74, 6) is 0. The average Bonchev–Trinajstić information content (AvgIpc) is 3.08. The molecule has 3 fully saturated rings. The van der Waals surface area contributed by atoms with Gasteiger partial charge in [0.15, 0.2) is 0 Å². The standard InChI is InChI=1S/C16H26O9S/c1-8(2)5-6-16-10(17)11(25-26(20,21)22)15(19)7-9(14(3,4)18)23-12(15)13(16)24-16/h5,9-13,17-19H,6-7H2,1-4H3,(H,20,21,22). The zero-order valence-corrected chi connectivity index (χ0v) is 15.9. The highest BCUT2D eigenvalue weighted by molar-refractivity contribution is 7.80. The maximum absolute atomic E-state index is 11.3. The number of hydrogen-bond donors (Lipinski definition) is 4. The Labute approximate surface area is 152 Å². The lowest BCUT2D eigenvalue weighted by atomic mass is 9.70. The molecule has 2 heterocycles. The molecule has 1 aliphatic carbocycles. The van der Waals surface area contributed by atoms with E-state index in [-0.39, 0.29) is 12.8 Å². The van der Waals surface area contributed by atoms with Crippen LogP contribution < -0.4 is 0 Å². The van der Waals surface area contributed by atoms with Crippen molar-refractivity contribution in [1.29, 1.82) is 0 Å². The lowest BCUT2D eigenvalue weighted by Gasteiger charge is -2.42. The van der Waals surface area contributed by atoms with Crippen LogP contribution in [0.1, 0.15) is 40.5 Å². The zero-order valence-electron chi connectivity index (χ0n) is 15.1. The van der Waals surface area contributed by atoms with Crippen molar-refractivity contribution in [3.05, 3.63) is 11.6 Å². The van der Waals surface area contributed by atoms with Crippen LogP contribution in [0.25, 0.3) is 0 Å². The first-order chi connectivity index (χ1) is 11.7. The molecule has 0 radical (unpaired) electrons. The van der Waals surface area contributed by atoms with Crippen molar-refractivity contribution in [1.82, 2.24) is 0 Å². The summed E-state index contributed by atoms with van der Waals surface area (Å²) in [7, 11) is -4.96. The van der Waals surface area contributed by atoms with Crippen LogP contribution in [0.4, 0.5) is 0 Å². The third-order valence-electron chi connectivity index (χ3n) is 5.48. The largest absolute Gasteiger partial charge is 0.397 e. The van der Waals surface area contributed by atoms with Gasteiger partial charge in [-0.15, -0.1) is 0 Å². The van der Waals surface area contributed by atoms with Crippen LogP contribution in [-0.4, -0.2) is 75.6 Å². The smallest absolute Gasteiger partial charge is 0.388 e. The maximum Gasteiger partial charge on any atom is 0.397 e. The van der Waals surface area contributed by atoms with Gasteiger partial charge in [0, 0.05) is 6.42 Å². The second-order valence-electron chi connectivity index (χ2n) is 8.26. The number of aliphatic hydroxyl groups is 3. The molecule has 0 aromatic rings. The first-order valence-corrected chi connectivity index (χ1v) is 9.82. The molecule has 150 valence electrons. The lowest BCUT2D eigenvalue weighted by Crippen LogP contribution is -2.66. The second-order valence-corrected chi connectivity index (χ2v) is 9.31. The minimum Gasteiger partial charge on any atom is -0.388 e. The molecule has 0 aromatic carbocycles. The average molecular weight is 394 g/mol. The van der Waals surface area contributed by atoms with Crippen LogP contribution in [0.3, 0.4) is 0 Å². The normalized spacial score (nSPS) is 45.0. The van der Waals surface area contributed by atoms with E-state index in [0.717, 1.165) is 5.57 Å². The number of aliphatic hydroxyl groups excluding tert-OH is 1. The second kappa shape index (κ2) is 5.95. The van der Waals surface area contributed by atoms with E-state index in [0.29, 0.717) is 0 Å². The van der Waals surface area contributed by atoms with Crippen molar-refractivity contribution in [2.24, 2.45) is 0 Å². The Morgan fingerprint density at radius 2 is 1.96 bits per heavy atom. The van der Waals surface area contributed by atoms with Crippen molar-refractivity contribution >= 4 is 10.4 Å². The van der Waals surface area contributed by atoms with Gasteiger partial charge in [0.25, 0.3) is 0 Å². The highest BCUT2D eigenvalue weighted by Gasteiger charge is 2.79. The Morgan fingerprint density at radius 3 is 2.46 bits per heavy atom. The van der Waals surface area contributed by atoms with Gasteiger partial charge in [0.05, 0.1) is 11.7 Å². The van der Waals surface area contributed by atoms with Gasteiger partial charge in [-0.1, -0.05) is 11.6 Å². The van der Waals surface area contributed by atoms with Gasteiger partial charge in [-0.25, -0.2) is 4.18 Å². The van der Waals surface area contributed by atoms with Crippen LogP contribution in [0, 0.1) is 0 Å². The van der Waals surface area contributed by atoms with Crippen molar-refractivity contribution in [3.63, 3.8) is 0 Å². The van der Waals surface area contributed by atoms with E-state index in [2.05, 4.69) is 4.18 Å². The molecule has 2 aliphatic heterocycles. The predicted octanol–water partition coefficient (Wildman–Crippen LogP) is -0.298. The molecule has 2 saturated heterocycles. The summed E-state index contributed by atoms with van der Waals surface area (Å²) in [4.78, 5) is 0. The van der Waals surface area contributed by atoms with E-state index in [1.807, 2.05) is 19.9 Å². The van der Waals surface area contributed by atoms with E-state index >= 15 is 0 Å². The molecule has 9 nitrogen and oxygen atoms in total. The van der Waals surface area contributed by atoms with E-state index < -0.39 is 57.7 Å². The Bertz CT molecular complexity index is 708. The molecule has 26 heavy (non-hydrogen) atoms. The Hall–Kier alpha value is -0.590. The van der Waals surface area contributed by atoms with E-state index in [9.17, 15) is 23.7 Å². The summed E-state index contributed by atoms with van der Waals surface area (Å²) in [6, 6.07) is 0. The van der Waals surface area contributed by atoms with Gasteiger partial charge in [-0.3, -0.25) is 4.55 Å². The molecule has 4 N–H and O–H groups in total. The van der Waals surface area contributed by atoms with E-state index in [4.69, 9.17) is 14.0 Å². The molecule has 3 aliphatic rings. The fourth-order valence-electron chi connectivity index (χ4n) is 3.99. The summed E-state index contributed by atoms with van der Waals surface area (Å²) in [6.07, 6.45) is -3.85. The summed E-state index contributed by atoms with van der Waals surface area (Å²) < 4.78 is 47.9. The topological polar surface area (TPSA) is 146 Å². The summed E-state index contributed by atoms with van der Waals surface area (Å²) in [5, 5.41) is 32.2. The quantitative estimate of drug-likeness (QED) is 0.280. The molecule has 7 atom stereocenters. The molecule has 10 heteroatoms. The first kappa shape index (κ1) is 20.2. The maximum atomic E-state index is 11.3. The Balaban J connectivity index is 1.99. The molecule has 1 saturated carbocycles. The molecular weight excluding hydrogens is 368 g/mol. The van der Waals surface area contributed by atoms with Crippen molar-refractivity contribution < 1.29 is 41.9 Å². The third-order valence-corrected chi connectivity index (χ3v) is 5.93. The number of fused-ring (bicyclic) bond motifs is 3. The number of ether oxygens (including phenoxy) is 2. The SMILES string of the molecule is CC(C)=CCC12OC1C1OC(C(C)(C)O)CC1(O)C(OS(=O)(=O)O)C2O. The van der Waals surface area contributed by atoms with Crippen molar-refractivity contribution in [3.8, 4) is 0 Å². The molecule has 7 unspecified atom stereocenters. The minimum atomic E-state index is -4.96. The summed E-state index contributed by atoms with van der Waals surface area (Å²) >= 11 is 0. The highest BCUT2D eigenvalue weighted by Crippen LogP contribution is 2.59. The van der Waals surface area contributed by atoms with Gasteiger partial charge in [-0.2, -0.15) is 8.42 Å². The van der Waals surface area contributed by atoms with Gasteiger partial charge in [0.1, 0.15) is 35.6 Å².